The Morgan fingerprint density at radius 2 is 2.14 bits per heavy atom. The van der Waals surface area contributed by atoms with Crippen LogP contribution in [0.5, 0.6) is 0 Å². The van der Waals surface area contributed by atoms with Crippen molar-refractivity contribution in [3.63, 3.8) is 0 Å². The molecule has 7 heteroatoms. The highest BCUT2D eigenvalue weighted by Gasteiger charge is 2.18. The van der Waals surface area contributed by atoms with Crippen LogP contribution in [0.1, 0.15) is 11.5 Å². The second-order valence-electron chi connectivity index (χ2n) is 4.78. The Kier molecular flexibility index (Phi) is 3.75. The zero-order valence-corrected chi connectivity index (χ0v) is 13.9. The molecule has 0 saturated heterocycles. The summed E-state index contributed by atoms with van der Waals surface area (Å²) in [6.45, 7) is 1.92. The van der Waals surface area contributed by atoms with Crippen LogP contribution >= 0.6 is 27.5 Å². The standard InChI is InChI=1S/C14H13BrClFN4/c1-8-13-14(20(2)19-8)21(12(18-13)5-6-16)9-3-4-11(17)10(15)7-9/h3-4,7H,5-6H2,1-2H3. The number of halogens is 3. The molecule has 4 nitrogen and oxygen atoms in total. The fourth-order valence-electron chi connectivity index (χ4n) is 2.47. The number of hydrogen-bond donors (Lipinski definition) is 0. The molecule has 0 fully saturated rings. The van der Waals surface area contributed by atoms with E-state index in [0.717, 1.165) is 28.4 Å². The van der Waals surface area contributed by atoms with Crippen LogP contribution in [0.3, 0.4) is 0 Å². The first kappa shape index (κ1) is 14.5. The summed E-state index contributed by atoms with van der Waals surface area (Å²) < 4.78 is 17.6. The molecule has 0 spiro atoms. The molecule has 0 atom stereocenters. The number of benzene rings is 1. The summed E-state index contributed by atoms with van der Waals surface area (Å²) in [6.07, 6.45) is 0.630. The lowest BCUT2D eigenvalue weighted by atomic mass is 10.3. The topological polar surface area (TPSA) is 35.6 Å². The van der Waals surface area contributed by atoms with Gasteiger partial charge in [0.15, 0.2) is 5.65 Å². The highest BCUT2D eigenvalue weighted by atomic mass is 79.9. The van der Waals surface area contributed by atoms with Crippen molar-refractivity contribution in [3.05, 3.63) is 40.0 Å². The van der Waals surface area contributed by atoms with Crippen molar-refractivity contribution in [2.45, 2.75) is 13.3 Å². The molecule has 3 aromatic rings. The molecular weight excluding hydrogens is 359 g/mol. The van der Waals surface area contributed by atoms with Gasteiger partial charge in [0.25, 0.3) is 0 Å². The molecular formula is C14H13BrClFN4. The number of imidazole rings is 1. The van der Waals surface area contributed by atoms with Gasteiger partial charge in [-0.2, -0.15) is 5.10 Å². The van der Waals surface area contributed by atoms with E-state index < -0.39 is 0 Å². The Morgan fingerprint density at radius 3 is 2.81 bits per heavy atom. The van der Waals surface area contributed by atoms with Gasteiger partial charge < -0.3 is 0 Å². The molecule has 0 unspecified atom stereocenters. The minimum atomic E-state index is -0.296. The first-order chi connectivity index (χ1) is 10.0. The largest absolute Gasteiger partial charge is 0.281 e. The van der Waals surface area contributed by atoms with Crippen molar-refractivity contribution in [1.82, 2.24) is 19.3 Å². The van der Waals surface area contributed by atoms with E-state index in [0.29, 0.717) is 16.8 Å². The summed E-state index contributed by atoms with van der Waals surface area (Å²) in [5, 5.41) is 4.39. The fourth-order valence-corrected chi connectivity index (χ4v) is 3.00. The van der Waals surface area contributed by atoms with Gasteiger partial charge in [0, 0.05) is 19.3 Å². The van der Waals surface area contributed by atoms with Crippen molar-refractivity contribution >= 4 is 38.7 Å². The van der Waals surface area contributed by atoms with E-state index in [2.05, 4.69) is 26.0 Å². The zero-order chi connectivity index (χ0) is 15.1. The van der Waals surface area contributed by atoms with Gasteiger partial charge in [0.05, 0.1) is 15.9 Å². The van der Waals surface area contributed by atoms with E-state index in [1.165, 1.54) is 6.07 Å². The number of alkyl halides is 1. The number of hydrogen-bond acceptors (Lipinski definition) is 2. The maximum absolute atomic E-state index is 13.5. The third-order valence-electron chi connectivity index (χ3n) is 3.35. The van der Waals surface area contributed by atoms with Gasteiger partial charge in [0.1, 0.15) is 17.2 Å². The Hall–Kier alpha value is -1.40. The van der Waals surface area contributed by atoms with Crippen molar-refractivity contribution in [3.8, 4) is 5.69 Å². The molecule has 110 valence electrons. The molecule has 0 N–H and O–H groups in total. The van der Waals surface area contributed by atoms with Crippen LogP contribution in [0.2, 0.25) is 0 Å². The van der Waals surface area contributed by atoms with Crippen LogP contribution in [0.4, 0.5) is 4.39 Å². The molecule has 1 aromatic carbocycles. The summed E-state index contributed by atoms with van der Waals surface area (Å²) in [7, 11) is 1.87. The summed E-state index contributed by atoms with van der Waals surface area (Å²) in [5.74, 6) is 1.02. The highest BCUT2D eigenvalue weighted by molar-refractivity contribution is 9.10. The van der Waals surface area contributed by atoms with E-state index in [9.17, 15) is 4.39 Å². The summed E-state index contributed by atoms with van der Waals surface area (Å²) in [5.41, 5.74) is 3.42. The number of fused-ring (bicyclic) bond motifs is 1. The molecule has 3 rings (SSSR count). The Morgan fingerprint density at radius 1 is 1.38 bits per heavy atom. The van der Waals surface area contributed by atoms with Crippen molar-refractivity contribution in [2.24, 2.45) is 7.05 Å². The van der Waals surface area contributed by atoms with Crippen LogP contribution in [-0.2, 0) is 13.5 Å². The van der Waals surface area contributed by atoms with Crippen molar-refractivity contribution in [1.29, 1.82) is 0 Å². The number of rotatable bonds is 3. The normalized spacial score (nSPS) is 11.5. The Balaban J connectivity index is 2.32. The lowest BCUT2D eigenvalue weighted by Crippen LogP contribution is -2.06. The molecule has 0 bridgehead atoms. The predicted octanol–water partition coefficient (Wildman–Crippen LogP) is 3.75. The van der Waals surface area contributed by atoms with Gasteiger partial charge in [-0.3, -0.25) is 4.57 Å². The van der Waals surface area contributed by atoms with Crippen LogP contribution in [0.25, 0.3) is 16.9 Å². The van der Waals surface area contributed by atoms with Gasteiger partial charge in [-0.05, 0) is 41.1 Å². The maximum atomic E-state index is 13.5. The molecule has 0 saturated carbocycles. The minimum absolute atomic E-state index is 0.296. The van der Waals surface area contributed by atoms with Crippen LogP contribution < -0.4 is 0 Å². The molecule has 0 radical (unpaired) electrons. The minimum Gasteiger partial charge on any atom is -0.281 e. The second kappa shape index (κ2) is 5.42. The van der Waals surface area contributed by atoms with Crippen LogP contribution in [-0.4, -0.2) is 25.2 Å². The summed E-state index contributed by atoms with van der Waals surface area (Å²) >= 11 is 9.11. The summed E-state index contributed by atoms with van der Waals surface area (Å²) in [4.78, 5) is 4.64. The van der Waals surface area contributed by atoms with Crippen LogP contribution in [0, 0.1) is 12.7 Å². The predicted molar refractivity (Wildman–Crippen MR) is 84.7 cm³/mol. The molecule has 21 heavy (non-hydrogen) atoms. The quantitative estimate of drug-likeness (QED) is 0.657. The lowest BCUT2D eigenvalue weighted by molar-refractivity contribution is 0.620. The molecule has 0 aliphatic heterocycles. The Labute approximate surface area is 134 Å². The first-order valence-electron chi connectivity index (χ1n) is 6.45. The van der Waals surface area contributed by atoms with E-state index in [1.807, 2.05) is 18.5 Å². The van der Waals surface area contributed by atoms with Gasteiger partial charge in [-0.1, -0.05) is 0 Å². The van der Waals surface area contributed by atoms with Gasteiger partial charge in [0.2, 0.25) is 0 Å². The fraction of sp³-hybridized carbons (Fsp3) is 0.286. The molecule has 2 aromatic heterocycles. The van der Waals surface area contributed by atoms with Crippen molar-refractivity contribution < 1.29 is 4.39 Å². The van der Waals surface area contributed by atoms with Crippen molar-refractivity contribution in [2.75, 3.05) is 5.88 Å². The third kappa shape index (κ3) is 2.36. The summed E-state index contributed by atoms with van der Waals surface area (Å²) in [6, 6.07) is 4.89. The van der Waals surface area contributed by atoms with Gasteiger partial charge in [-0.25, -0.2) is 14.1 Å². The molecule has 2 heterocycles. The van der Waals surface area contributed by atoms with E-state index in [1.54, 1.807) is 16.8 Å². The second-order valence-corrected chi connectivity index (χ2v) is 6.01. The lowest BCUT2D eigenvalue weighted by Gasteiger charge is -2.10. The van der Waals surface area contributed by atoms with Gasteiger partial charge >= 0.3 is 0 Å². The smallest absolute Gasteiger partial charge is 0.163 e. The third-order valence-corrected chi connectivity index (χ3v) is 4.15. The van der Waals surface area contributed by atoms with Crippen LogP contribution in [0.15, 0.2) is 22.7 Å². The maximum Gasteiger partial charge on any atom is 0.163 e. The van der Waals surface area contributed by atoms with Gasteiger partial charge in [-0.15, -0.1) is 11.6 Å². The van der Waals surface area contributed by atoms with E-state index in [4.69, 9.17) is 11.6 Å². The number of nitrogens with zero attached hydrogens (tertiary/aromatic N) is 4. The molecule has 0 amide bonds. The molecule has 0 aliphatic carbocycles. The number of aromatic nitrogens is 4. The zero-order valence-electron chi connectivity index (χ0n) is 11.6. The van der Waals surface area contributed by atoms with E-state index >= 15 is 0 Å². The first-order valence-corrected chi connectivity index (χ1v) is 7.78. The average Bonchev–Trinajstić information content (AvgIpc) is 2.93. The molecule has 0 aliphatic rings. The highest BCUT2D eigenvalue weighted by Crippen LogP contribution is 2.26. The van der Waals surface area contributed by atoms with E-state index in [-0.39, 0.29) is 5.82 Å². The monoisotopic (exact) mass is 370 g/mol. The number of aryl methyl sites for hydroxylation is 3. The SMILES string of the molecule is Cc1nn(C)c2c1nc(CCCl)n2-c1ccc(F)c(Br)c1. The Bertz CT molecular complexity index is 824. The average molecular weight is 372 g/mol.